The summed E-state index contributed by atoms with van der Waals surface area (Å²) in [7, 11) is 0. The van der Waals surface area contributed by atoms with E-state index in [0.717, 1.165) is 46.4 Å². The third kappa shape index (κ3) is 5.83. The first kappa shape index (κ1) is 24.6. The lowest BCUT2D eigenvalue weighted by molar-refractivity contribution is -0.694. The number of benzene rings is 3. The molecule has 2 heterocycles. The number of aromatic amines is 1. The first-order valence-corrected chi connectivity index (χ1v) is 13.2. The Balaban J connectivity index is 1.11. The summed E-state index contributed by atoms with van der Waals surface area (Å²) < 4.78 is 1.85. The van der Waals surface area contributed by atoms with Crippen LogP contribution >= 0.6 is 11.8 Å². The highest BCUT2D eigenvalue weighted by Crippen LogP contribution is 2.21. The Morgan fingerprint density at radius 2 is 1.65 bits per heavy atom. The zero-order valence-electron chi connectivity index (χ0n) is 20.6. The maximum atomic E-state index is 12.9. The molecule has 1 aromatic heterocycles. The molecule has 8 nitrogen and oxygen atoms in total. The highest BCUT2D eigenvalue weighted by Gasteiger charge is 2.23. The summed E-state index contributed by atoms with van der Waals surface area (Å²) in [6.07, 6.45) is 1.62. The molecule has 0 spiro atoms. The summed E-state index contributed by atoms with van der Waals surface area (Å²) >= 11 is 1.37. The number of rotatable bonds is 7. The van der Waals surface area contributed by atoms with Crippen LogP contribution in [0.2, 0.25) is 0 Å². The van der Waals surface area contributed by atoms with Gasteiger partial charge in [-0.25, -0.2) is 0 Å². The van der Waals surface area contributed by atoms with Crippen LogP contribution in [0.5, 0.6) is 0 Å². The molecule has 0 unspecified atom stereocenters. The van der Waals surface area contributed by atoms with Gasteiger partial charge in [-0.1, -0.05) is 36.4 Å². The number of nitrogens with one attached hydrogen (secondary N) is 2. The van der Waals surface area contributed by atoms with E-state index in [2.05, 4.69) is 20.3 Å². The van der Waals surface area contributed by atoms with Gasteiger partial charge in [-0.3, -0.25) is 9.59 Å². The Morgan fingerprint density at radius 3 is 2.38 bits per heavy atom. The van der Waals surface area contributed by atoms with Gasteiger partial charge < -0.3 is 15.1 Å². The number of nitrogens with zero attached hydrogens (tertiary/aromatic N) is 4. The van der Waals surface area contributed by atoms with Gasteiger partial charge in [0.1, 0.15) is 0 Å². The number of H-pyrrole nitrogens is 1. The van der Waals surface area contributed by atoms with Gasteiger partial charge in [0, 0.05) is 43.1 Å². The molecule has 5 rings (SSSR count). The third-order valence-electron chi connectivity index (χ3n) is 6.36. The van der Waals surface area contributed by atoms with Crippen LogP contribution in [0.1, 0.15) is 15.9 Å². The van der Waals surface area contributed by atoms with Gasteiger partial charge in [-0.15, -0.1) is 4.68 Å². The summed E-state index contributed by atoms with van der Waals surface area (Å²) in [6, 6.07) is 25.4. The number of carbonyl (C=O) groups is 2. The Morgan fingerprint density at radius 1 is 0.946 bits per heavy atom. The third-order valence-corrected chi connectivity index (χ3v) is 7.31. The molecule has 0 aliphatic carbocycles. The molecule has 188 valence electrons. The minimum atomic E-state index is -0.0938. The van der Waals surface area contributed by atoms with Crippen LogP contribution in [-0.4, -0.2) is 58.7 Å². The van der Waals surface area contributed by atoms with E-state index < -0.39 is 0 Å². The topological polar surface area (TPSA) is 85.2 Å². The van der Waals surface area contributed by atoms with Crippen molar-refractivity contribution in [2.75, 3.05) is 42.1 Å². The van der Waals surface area contributed by atoms with E-state index in [9.17, 15) is 9.59 Å². The standard InChI is InChI=1S/C28H28N6O2S/c1-21-7-5-6-10-25(21)27(36)33-17-15-32(16-18-33)23-13-11-22(12-14-23)31-26(35)19-37-28-29-20-30-34(28)24-8-3-2-4-9-24/h2-14,20H,15-19H2,1H3,(H,31,35)/p+1. The number of aryl methyl sites for hydroxylation is 1. The van der Waals surface area contributed by atoms with Crippen molar-refractivity contribution in [3.63, 3.8) is 0 Å². The molecule has 3 aromatic carbocycles. The monoisotopic (exact) mass is 513 g/mol. The van der Waals surface area contributed by atoms with Crippen molar-refractivity contribution in [3.8, 4) is 5.69 Å². The fraction of sp³-hybridized carbons (Fsp3) is 0.214. The molecule has 4 aromatic rings. The Bertz CT molecular complexity index is 1360. The van der Waals surface area contributed by atoms with E-state index in [1.165, 1.54) is 11.8 Å². The molecule has 1 fully saturated rings. The molecule has 1 aliphatic rings. The minimum Gasteiger partial charge on any atom is -0.368 e. The second-order valence-electron chi connectivity index (χ2n) is 8.82. The Kier molecular flexibility index (Phi) is 7.51. The largest absolute Gasteiger partial charge is 0.385 e. The first-order chi connectivity index (χ1) is 18.1. The van der Waals surface area contributed by atoms with E-state index in [0.29, 0.717) is 13.1 Å². The fourth-order valence-electron chi connectivity index (χ4n) is 4.35. The number of hydrogen-bond donors (Lipinski definition) is 2. The van der Waals surface area contributed by atoms with Gasteiger partial charge in [0.05, 0.1) is 5.75 Å². The second-order valence-corrected chi connectivity index (χ2v) is 9.76. The predicted octanol–water partition coefficient (Wildman–Crippen LogP) is 3.69. The molecule has 1 aliphatic heterocycles. The van der Waals surface area contributed by atoms with E-state index in [-0.39, 0.29) is 17.6 Å². The van der Waals surface area contributed by atoms with Crippen molar-refractivity contribution in [2.24, 2.45) is 0 Å². The zero-order chi connectivity index (χ0) is 25.6. The molecule has 0 radical (unpaired) electrons. The van der Waals surface area contributed by atoms with Crippen LogP contribution in [0, 0.1) is 6.92 Å². The maximum Gasteiger partial charge on any atom is 0.385 e. The van der Waals surface area contributed by atoms with E-state index in [1.54, 1.807) is 6.33 Å². The molecule has 37 heavy (non-hydrogen) atoms. The van der Waals surface area contributed by atoms with Crippen molar-refractivity contribution >= 4 is 35.0 Å². The molecular weight excluding hydrogens is 484 g/mol. The van der Waals surface area contributed by atoms with Gasteiger partial charge in [-0.05, 0) is 71.7 Å². The number of para-hydroxylation sites is 1. The maximum absolute atomic E-state index is 12.9. The van der Waals surface area contributed by atoms with Crippen LogP contribution in [0.4, 0.5) is 11.4 Å². The Labute approximate surface area is 220 Å². The molecule has 2 amide bonds. The summed E-state index contributed by atoms with van der Waals surface area (Å²) in [5.74, 6) is 0.248. The molecule has 0 atom stereocenters. The van der Waals surface area contributed by atoms with Crippen molar-refractivity contribution in [3.05, 3.63) is 96.3 Å². The average molecular weight is 514 g/mol. The lowest BCUT2D eigenvalue weighted by atomic mass is 10.1. The minimum absolute atomic E-state index is 0.0938. The quantitative estimate of drug-likeness (QED) is 0.291. The van der Waals surface area contributed by atoms with Gasteiger partial charge in [-0.2, -0.15) is 5.10 Å². The fourth-order valence-corrected chi connectivity index (χ4v) is 5.10. The molecule has 2 N–H and O–H groups in total. The number of anilines is 2. The molecule has 0 saturated carbocycles. The van der Waals surface area contributed by atoms with Gasteiger partial charge >= 0.3 is 5.16 Å². The highest BCUT2D eigenvalue weighted by molar-refractivity contribution is 7.99. The SMILES string of the molecule is Cc1ccccc1C(=O)N1CCN(c2ccc(NC(=O)CSc3nc[nH][n+]3-c3ccccc3)cc2)CC1. The number of piperazine rings is 1. The van der Waals surface area contributed by atoms with Crippen LogP contribution < -0.4 is 14.9 Å². The number of carbonyl (C=O) groups excluding carboxylic acids is 2. The van der Waals surface area contributed by atoms with Gasteiger partial charge in [0.2, 0.25) is 12.2 Å². The van der Waals surface area contributed by atoms with Gasteiger partial charge in [0.15, 0.2) is 5.69 Å². The lowest BCUT2D eigenvalue weighted by Crippen LogP contribution is -2.48. The highest BCUT2D eigenvalue weighted by atomic mass is 32.2. The van der Waals surface area contributed by atoms with Crippen molar-refractivity contribution < 1.29 is 14.3 Å². The normalized spacial score (nSPS) is 13.4. The van der Waals surface area contributed by atoms with Crippen molar-refractivity contribution in [1.29, 1.82) is 0 Å². The summed E-state index contributed by atoms with van der Waals surface area (Å²) in [5, 5.41) is 6.76. The van der Waals surface area contributed by atoms with Crippen molar-refractivity contribution in [2.45, 2.75) is 12.1 Å². The smallest absolute Gasteiger partial charge is 0.368 e. The second kappa shape index (κ2) is 11.3. The van der Waals surface area contributed by atoms with Crippen LogP contribution in [0.15, 0.2) is 90.3 Å². The summed E-state index contributed by atoms with van der Waals surface area (Å²) in [4.78, 5) is 34.0. The molecule has 9 heteroatoms. The van der Waals surface area contributed by atoms with Crippen LogP contribution in [-0.2, 0) is 4.79 Å². The predicted molar refractivity (Wildman–Crippen MR) is 145 cm³/mol. The molecular formula is C28H29N6O2S+. The summed E-state index contributed by atoms with van der Waals surface area (Å²) in [6.45, 7) is 4.87. The van der Waals surface area contributed by atoms with E-state index >= 15 is 0 Å². The average Bonchev–Trinajstić information content (AvgIpc) is 3.42. The first-order valence-electron chi connectivity index (χ1n) is 12.2. The zero-order valence-corrected chi connectivity index (χ0v) is 21.4. The number of thioether (sulfide) groups is 1. The number of amides is 2. The molecule has 1 saturated heterocycles. The van der Waals surface area contributed by atoms with Gasteiger partial charge in [0.25, 0.3) is 5.91 Å². The van der Waals surface area contributed by atoms with Crippen LogP contribution in [0.25, 0.3) is 5.69 Å². The summed E-state index contributed by atoms with van der Waals surface area (Å²) in [5.41, 5.74) is 4.57. The number of aromatic nitrogens is 3. The Hall–Kier alpha value is -4.11. The van der Waals surface area contributed by atoms with E-state index in [1.807, 2.05) is 95.4 Å². The molecule has 0 bridgehead atoms. The lowest BCUT2D eigenvalue weighted by Gasteiger charge is -2.36. The number of hydrogen-bond acceptors (Lipinski definition) is 5. The van der Waals surface area contributed by atoms with Crippen molar-refractivity contribution in [1.82, 2.24) is 15.0 Å². The van der Waals surface area contributed by atoms with E-state index in [4.69, 9.17) is 0 Å². The van der Waals surface area contributed by atoms with Crippen LogP contribution in [0.3, 0.4) is 0 Å².